The van der Waals surface area contributed by atoms with Gasteiger partial charge in [-0.15, -0.1) is 4.40 Å². The molecule has 0 aromatic heterocycles. The van der Waals surface area contributed by atoms with Gasteiger partial charge in [0.05, 0.1) is 20.4 Å². The molecular weight excluding hydrogens is 398 g/mol. The number of hydrazone groups is 1. The van der Waals surface area contributed by atoms with Crippen LogP contribution in [0.2, 0.25) is 0 Å². The summed E-state index contributed by atoms with van der Waals surface area (Å²) in [7, 11) is -0.923. The molecule has 2 aromatic carbocycles. The fraction of sp³-hybridized carbons (Fsp3) is 0.263. The minimum Gasteiger partial charge on any atom is -0.504 e. The Morgan fingerprint density at radius 2 is 1.97 bits per heavy atom. The van der Waals surface area contributed by atoms with Gasteiger partial charge < -0.3 is 19.7 Å². The molecule has 10 heteroatoms. The number of fused-ring (bicyclic) bond motifs is 1. The number of sulfonamides is 1. The first-order valence-corrected chi connectivity index (χ1v) is 10.2. The molecule has 2 N–H and O–H groups in total. The Bertz CT molecular complexity index is 1070. The summed E-state index contributed by atoms with van der Waals surface area (Å²) in [6, 6.07) is 9.28. The Morgan fingerprint density at radius 3 is 2.66 bits per heavy atom. The van der Waals surface area contributed by atoms with Crippen LogP contribution < -0.4 is 9.47 Å². The van der Waals surface area contributed by atoms with Crippen molar-refractivity contribution in [3.8, 4) is 17.2 Å². The molecule has 1 heterocycles. The van der Waals surface area contributed by atoms with Crippen LogP contribution in [0, 0.1) is 0 Å². The van der Waals surface area contributed by atoms with E-state index in [1.54, 1.807) is 24.3 Å². The highest BCUT2D eigenvalue weighted by Gasteiger charge is 2.32. The summed E-state index contributed by atoms with van der Waals surface area (Å²) in [6.07, 6.45) is 1.85. The van der Waals surface area contributed by atoms with E-state index in [-0.39, 0.29) is 35.4 Å². The lowest BCUT2D eigenvalue weighted by molar-refractivity contribution is 0.269. The van der Waals surface area contributed by atoms with E-state index in [2.05, 4.69) is 9.50 Å². The smallest absolute Gasteiger partial charge is 0.285 e. The topological polar surface area (TPSA) is 121 Å². The molecule has 2 aromatic rings. The molecule has 1 aliphatic rings. The summed E-state index contributed by atoms with van der Waals surface area (Å²) in [5.74, 6) is 0.915. The lowest BCUT2D eigenvalue weighted by atomic mass is 10.2. The fourth-order valence-electron chi connectivity index (χ4n) is 2.78. The van der Waals surface area contributed by atoms with Crippen LogP contribution in [-0.2, 0) is 10.0 Å². The van der Waals surface area contributed by atoms with Crippen molar-refractivity contribution in [2.75, 3.05) is 27.4 Å². The standard InChI is InChI=1S/C19H21N3O6S/c1-27-14-5-7-18-15(11-14)19(21-29(18,25)26)22(8-3-9-23)20-12-13-4-6-16(24)17(10-13)28-2/h4-7,10-12,23-24H,3,8-9H2,1-2H3/b20-12+. The zero-order valence-electron chi connectivity index (χ0n) is 15.9. The number of benzene rings is 2. The van der Waals surface area contributed by atoms with Gasteiger partial charge in [0, 0.05) is 18.7 Å². The highest BCUT2D eigenvalue weighted by molar-refractivity contribution is 7.90. The Balaban J connectivity index is 2.00. The van der Waals surface area contributed by atoms with E-state index in [0.29, 0.717) is 23.3 Å². The highest BCUT2D eigenvalue weighted by atomic mass is 32.2. The molecule has 3 rings (SSSR count). The van der Waals surface area contributed by atoms with Crippen molar-refractivity contribution in [1.29, 1.82) is 0 Å². The van der Waals surface area contributed by atoms with E-state index in [1.807, 2.05) is 0 Å². The molecule has 0 aliphatic carbocycles. The maximum Gasteiger partial charge on any atom is 0.285 e. The van der Waals surface area contributed by atoms with Crippen LogP contribution in [0.5, 0.6) is 17.2 Å². The first-order chi connectivity index (χ1) is 13.9. The Kier molecular flexibility index (Phi) is 6.04. The van der Waals surface area contributed by atoms with Crippen LogP contribution in [-0.4, -0.2) is 63.1 Å². The molecule has 1 aliphatic heterocycles. The molecule has 154 valence electrons. The summed E-state index contributed by atoms with van der Waals surface area (Å²) in [5, 5.41) is 24.7. The van der Waals surface area contributed by atoms with Crippen LogP contribution in [0.4, 0.5) is 0 Å². The predicted octanol–water partition coefficient (Wildman–Crippen LogP) is 1.58. The van der Waals surface area contributed by atoms with Gasteiger partial charge in [-0.1, -0.05) is 0 Å². The number of hydrogen-bond acceptors (Lipinski definition) is 8. The van der Waals surface area contributed by atoms with E-state index in [4.69, 9.17) is 9.47 Å². The number of phenols is 1. The van der Waals surface area contributed by atoms with Gasteiger partial charge in [-0.25, -0.2) is 5.01 Å². The Morgan fingerprint density at radius 1 is 1.17 bits per heavy atom. The monoisotopic (exact) mass is 419 g/mol. The minimum absolute atomic E-state index is 0.00549. The van der Waals surface area contributed by atoms with Gasteiger partial charge in [0.25, 0.3) is 10.0 Å². The van der Waals surface area contributed by atoms with Crippen LogP contribution in [0.1, 0.15) is 17.5 Å². The maximum absolute atomic E-state index is 12.4. The average molecular weight is 419 g/mol. The number of aliphatic hydroxyl groups is 1. The molecule has 0 fully saturated rings. The molecule has 0 spiro atoms. The van der Waals surface area contributed by atoms with Crippen molar-refractivity contribution in [2.24, 2.45) is 9.50 Å². The van der Waals surface area contributed by atoms with E-state index in [1.165, 1.54) is 37.6 Å². The van der Waals surface area contributed by atoms with E-state index >= 15 is 0 Å². The van der Waals surface area contributed by atoms with Crippen molar-refractivity contribution in [1.82, 2.24) is 5.01 Å². The molecular formula is C19H21N3O6S. The highest BCUT2D eigenvalue weighted by Crippen LogP contribution is 2.31. The Labute approximate surface area is 168 Å². The van der Waals surface area contributed by atoms with Crippen LogP contribution >= 0.6 is 0 Å². The fourth-order valence-corrected chi connectivity index (χ4v) is 3.97. The van der Waals surface area contributed by atoms with Crippen LogP contribution in [0.3, 0.4) is 0 Å². The van der Waals surface area contributed by atoms with Crippen LogP contribution in [0.15, 0.2) is 50.8 Å². The largest absolute Gasteiger partial charge is 0.504 e. The lowest BCUT2D eigenvalue weighted by Crippen LogP contribution is -2.27. The summed E-state index contributed by atoms with van der Waals surface area (Å²) in [4.78, 5) is 0.0730. The molecule has 0 unspecified atom stereocenters. The third kappa shape index (κ3) is 4.33. The van der Waals surface area contributed by atoms with Gasteiger partial charge in [0.1, 0.15) is 10.6 Å². The Hall–Kier alpha value is -3.11. The van der Waals surface area contributed by atoms with Gasteiger partial charge in [0.15, 0.2) is 17.3 Å². The van der Waals surface area contributed by atoms with Crippen molar-refractivity contribution >= 4 is 22.1 Å². The summed E-state index contributed by atoms with van der Waals surface area (Å²) in [6.45, 7) is 0.150. The first kappa shape index (κ1) is 20.6. The number of hydrogen-bond donors (Lipinski definition) is 2. The van der Waals surface area contributed by atoms with Crippen molar-refractivity contribution in [2.45, 2.75) is 11.3 Å². The lowest BCUT2D eigenvalue weighted by Gasteiger charge is -2.18. The predicted molar refractivity (Wildman–Crippen MR) is 107 cm³/mol. The summed E-state index contributed by atoms with van der Waals surface area (Å²) >= 11 is 0. The third-order valence-corrected chi connectivity index (χ3v) is 5.56. The van der Waals surface area contributed by atoms with Gasteiger partial charge in [-0.2, -0.15) is 13.5 Å². The zero-order chi connectivity index (χ0) is 21.0. The quantitative estimate of drug-likeness (QED) is 0.516. The second-order valence-electron chi connectivity index (χ2n) is 6.13. The molecule has 29 heavy (non-hydrogen) atoms. The van der Waals surface area contributed by atoms with E-state index < -0.39 is 10.0 Å². The van der Waals surface area contributed by atoms with Gasteiger partial charge in [0.2, 0.25) is 0 Å². The molecule has 0 atom stereocenters. The number of amidine groups is 1. The van der Waals surface area contributed by atoms with E-state index in [9.17, 15) is 18.6 Å². The number of ether oxygens (including phenoxy) is 2. The van der Waals surface area contributed by atoms with E-state index in [0.717, 1.165) is 0 Å². The first-order valence-electron chi connectivity index (χ1n) is 8.72. The molecule has 0 saturated carbocycles. The van der Waals surface area contributed by atoms with Gasteiger partial charge in [-0.3, -0.25) is 0 Å². The second kappa shape index (κ2) is 8.50. The molecule has 0 radical (unpaired) electrons. The SMILES string of the molecule is COc1ccc2c(c1)C(N(CCCO)/N=C/c1ccc(O)c(OC)c1)=NS2(=O)=O. The molecule has 0 bridgehead atoms. The third-order valence-electron chi connectivity index (χ3n) is 4.23. The number of phenolic OH excluding ortho intramolecular Hbond substituents is 1. The van der Waals surface area contributed by atoms with Crippen molar-refractivity contribution in [3.05, 3.63) is 47.5 Å². The summed E-state index contributed by atoms with van der Waals surface area (Å²) < 4.78 is 39.0. The van der Waals surface area contributed by atoms with Gasteiger partial charge >= 0.3 is 0 Å². The normalized spacial score (nSPS) is 14.5. The minimum atomic E-state index is -3.85. The second-order valence-corrected chi connectivity index (χ2v) is 7.70. The molecule has 0 saturated heterocycles. The number of rotatable bonds is 7. The number of aliphatic hydroxyl groups excluding tert-OH is 1. The number of methoxy groups -OCH3 is 2. The zero-order valence-corrected chi connectivity index (χ0v) is 16.8. The molecule has 9 nitrogen and oxygen atoms in total. The number of nitrogens with zero attached hydrogens (tertiary/aromatic N) is 3. The molecule has 0 amide bonds. The van der Waals surface area contributed by atoms with Crippen LogP contribution in [0.25, 0.3) is 0 Å². The van der Waals surface area contributed by atoms with Crippen molar-refractivity contribution in [3.63, 3.8) is 0 Å². The van der Waals surface area contributed by atoms with Gasteiger partial charge in [-0.05, 0) is 48.4 Å². The van der Waals surface area contributed by atoms with Crippen molar-refractivity contribution < 1.29 is 28.1 Å². The summed E-state index contributed by atoms with van der Waals surface area (Å²) in [5.41, 5.74) is 1.00. The number of aromatic hydroxyl groups is 1. The average Bonchev–Trinajstić information content (AvgIpc) is 2.99. The maximum atomic E-state index is 12.4.